The van der Waals surface area contributed by atoms with Gasteiger partial charge in [0, 0.05) is 10.9 Å². The summed E-state index contributed by atoms with van der Waals surface area (Å²) < 4.78 is 5.69. The first-order valence-electron chi connectivity index (χ1n) is 6.60. The van der Waals surface area contributed by atoms with Crippen molar-refractivity contribution in [2.24, 2.45) is 0 Å². The number of rotatable bonds is 4. The molecule has 1 aliphatic heterocycles. The number of likely N-dealkylation sites (tertiary alicyclic amines) is 1. The summed E-state index contributed by atoms with van der Waals surface area (Å²) in [5.74, 6) is -0.547. The fraction of sp³-hybridized carbons (Fsp3) is 0.400. The van der Waals surface area contributed by atoms with E-state index in [1.807, 2.05) is 24.3 Å². The van der Waals surface area contributed by atoms with Gasteiger partial charge in [0.05, 0.1) is 25.6 Å². The molecule has 0 N–H and O–H groups in total. The number of ether oxygens (including phenoxy) is 1. The largest absolute Gasteiger partial charge is 0.467 e. The van der Waals surface area contributed by atoms with Crippen molar-refractivity contribution in [3.05, 3.63) is 34.3 Å². The topological polar surface area (TPSA) is 70.4 Å². The van der Waals surface area contributed by atoms with Crippen LogP contribution in [-0.4, -0.2) is 29.9 Å². The van der Waals surface area contributed by atoms with Gasteiger partial charge in [0.15, 0.2) is 0 Å². The lowest BCUT2D eigenvalue weighted by Gasteiger charge is -2.31. The minimum Gasteiger partial charge on any atom is -0.467 e. The average Bonchev–Trinajstić information content (AvgIpc) is 2.87. The highest BCUT2D eigenvalue weighted by molar-refractivity contribution is 9.10. The normalized spacial score (nSPS) is 19.2. The van der Waals surface area contributed by atoms with E-state index in [4.69, 9.17) is 10.00 Å². The van der Waals surface area contributed by atoms with Gasteiger partial charge in [0.2, 0.25) is 5.91 Å². The van der Waals surface area contributed by atoms with Gasteiger partial charge >= 0.3 is 5.97 Å². The summed E-state index contributed by atoms with van der Waals surface area (Å²) in [7, 11) is 1.31. The lowest BCUT2D eigenvalue weighted by atomic mass is 10.0. The Hall–Kier alpha value is -1.87. The highest BCUT2D eigenvalue weighted by Crippen LogP contribution is 2.33. The second kappa shape index (κ2) is 6.72. The predicted octanol–water partition coefficient (Wildman–Crippen LogP) is 2.57. The first kappa shape index (κ1) is 15.5. The van der Waals surface area contributed by atoms with Crippen molar-refractivity contribution in [3.63, 3.8) is 0 Å². The Morgan fingerprint density at radius 3 is 2.76 bits per heavy atom. The molecule has 1 fully saturated rings. The second-order valence-electron chi connectivity index (χ2n) is 4.81. The molecule has 1 aliphatic rings. The fourth-order valence-corrected chi connectivity index (χ4v) is 2.87. The third kappa shape index (κ3) is 3.24. The Morgan fingerprint density at radius 1 is 1.52 bits per heavy atom. The molecular weight excluding hydrogens is 336 g/mol. The monoisotopic (exact) mass is 350 g/mol. The van der Waals surface area contributed by atoms with Gasteiger partial charge in [0.1, 0.15) is 6.04 Å². The van der Waals surface area contributed by atoms with E-state index in [1.54, 1.807) is 0 Å². The zero-order valence-electron chi connectivity index (χ0n) is 11.6. The Kier molecular flexibility index (Phi) is 4.97. The average molecular weight is 351 g/mol. The van der Waals surface area contributed by atoms with Gasteiger partial charge in [-0.15, -0.1) is 0 Å². The van der Waals surface area contributed by atoms with Crippen molar-refractivity contribution in [1.82, 2.24) is 4.90 Å². The van der Waals surface area contributed by atoms with E-state index >= 15 is 0 Å². The number of carbonyl (C=O) groups excluding carboxylic acids is 2. The van der Waals surface area contributed by atoms with E-state index < -0.39 is 18.1 Å². The van der Waals surface area contributed by atoms with Crippen molar-refractivity contribution in [2.45, 2.75) is 31.3 Å². The van der Waals surface area contributed by atoms with Crippen molar-refractivity contribution >= 4 is 27.8 Å². The standard InChI is InChI=1S/C15H15BrN2O3/c1-21-15(20)13-6-7-14(19)18(13)12(8-9-17)10-2-4-11(16)5-3-10/h2-5,12-13H,6-8H2,1H3. The molecule has 2 unspecified atom stereocenters. The molecule has 2 atom stereocenters. The number of benzene rings is 1. The van der Waals surface area contributed by atoms with Crippen LogP contribution in [0.5, 0.6) is 0 Å². The molecule has 0 aliphatic carbocycles. The Labute approximate surface area is 131 Å². The Bertz CT molecular complexity index is 580. The summed E-state index contributed by atoms with van der Waals surface area (Å²) in [6, 6.07) is 8.48. The smallest absolute Gasteiger partial charge is 0.328 e. The van der Waals surface area contributed by atoms with Crippen LogP contribution in [0, 0.1) is 11.3 Å². The molecule has 1 amide bonds. The number of methoxy groups -OCH3 is 1. The number of hydrogen-bond donors (Lipinski definition) is 0. The minimum atomic E-state index is -0.607. The third-order valence-electron chi connectivity index (χ3n) is 3.60. The van der Waals surface area contributed by atoms with E-state index in [9.17, 15) is 9.59 Å². The van der Waals surface area contributed by atoms with Crippen LogP contribution in [0.3, 0.4) is 0 Å². The second-order valence-corrected chi connectivity index (χ2v) is 5.72. The molecule has 1 saturated heterocycles. The van der Waals surface area contributed by atoms with Crippen molar-refractivity contribution in [2.75, 3.05) is 7.11 Å². The summed E-state index contributed by atoms with van der Waals surface area (Å²) in [5, 5.41) is 9.07. The molecule has 2 rings (SSSR count). The number of nitrogens with zero attached hydrogens (tertiary/aromatic N) is 2. The zero-order chi connectivity index (χ0) is 15.4. The lowest BCUT2D eigenvalue weighted by molar-refractivity contribution is -0.150. The number of amides is 1. The van der Waals surface area contributed by atoms with Crippen LogP contribution < -0.4 is 0 Å². The molecule has 0 radical (unpaired) electrons. The van der Waals surface area contributed by atoms with Gasteiger partial charge in [-0.3, -0.25) is 4.79 Å². The maximum Gasteiger partial charge on any atom is 0.328 e. The summed E-state index contributed by atoms with van der Waals surface area (Å²) in [5.41, 5.74) is 0.837. The summed E-state index contributed by atoms with van der Waals surface area (Å²) in [4.78, 5) is 25.5. The van der Waals surface area contributed by atoms with Crippen LogP contribution in [0.4, 0.5) is 0 Å². The number of halogens is 1. The van der Waals surface area contributed by atoms with Crippen molar-refractivity contribution in [3.8, 4) is 6.07 Å². The molecule has 0 bridgehead atoms. The van der Waals surface area contributed by atoms with Gasteiger partial charge in [0.25, 0.3) is 0 Å². The molecule has 0 spiro atoms. The van der Waals surface area contributed by atoms with Gasteiger partial charge in [-0.2, -0.15) is 5.26 Å². The first-order chi connectivity index (χ1) is 10.1. The molecule has 0 saturated carbocycles. The number of carbonyl (C=O) groups is 2. The van der Waals surface area contributed by atoms with E-state index in [2.05, 4.69) is 22.0 Å². The molecule has 110 valence electrons. The van der Waals surface area contributed by atoms with E-state index in [0.29, 0.717) is 12.8 Å². The molecule has 1 aromatic carbocycles. The maximum atomic E-state index is 12.2. The van der Waals surface area contributed by atoms with Crippen LogP contribution in [0.2, 0.25) is 0 Å². The lowest BCUT2D eigenvalue weighted by Crippen LogP contribution is -2.41. The highest BCUT2D eigenvalue weighted by Gasteiger charge is 2.41. The van der Waals surface area contributed by atoms with E-state index in [1.165, 1.54) is 12.0 Å². The maximum absolute atomic E-state index is 12.2. The molecular formula is C15H15BrN2O3. The third-order valence-corrected chi connectivity index (χ3v) is 4.13. The van der Waals surface area contributed by atoms with E-state index in [-0.39, 0.29) is 12.3 Å². The molecule has 1 heterocycles. The van der Waals surface area contributed by atoms with Crippen molar-refractivity contribution in [1.29, 1.82) is 5.26 Å². The predicted molar refractivity (Wildman–Crippen MR) is 79.0 cm³/mol. The first-order valence-corrected chi connectivity index (χ1v) is 7.39. The van der Waals surface area contributed by atoms with Crippen LogP contribution in [0.1, 0.15) is 30.9 Å². The Balaban J connectivity index is 2.35. The van der Waals surface area contributed by atoms with Crippen LogP contribution in [0.15, 0.2) is 28.7 Å². The van der Waals surface area contributed by atoms with Gasteiger partial charge in [-0.05, 0) is 24.1 Å². The number of hydrogen-bond acceptors (Lipinski definition) is 4. The SMILES string of the molecule is COC(=O)C1CCC(=O)N1C(CC#N)c1ccc(Br)cc1. The molecule has 1 aromatic rings. The van der Waals surface area contributed by atoms with Gasteiger partial charge in [-0.25, -0.2) is 4.79 Å². The molecule has 0 aromatic heterocycles. The van der Waals surface area contributed by atoms with Gasteiger partial charge < -0.3 is 9.64 Å². The van der Waals surface area contributed by atoms with Gasteiger partial charge in [-0.1, -0.05) is 28.1 Å². The fourth-order valence-electron chi connectivity index (χ4n) is 2.61. The summed E-state index contributed by atoms with van der Waals surface area (Å²) in [6.45, 7) is 0. The Morgan fingerprint density at radius 2 is 2.19 bits per heavy atom. The van der Waals surface area contributed by atoms with Crippen molar-refractivity contribution < 1.29 is 14.3 Å². The van der Waals surface area contributed by atoms with E-state index in [0.717, 1.165) is 10.0 Å². The highest BCUT2D eigenvalue weighted by atomic mass is 79.9. The quantitative estimate of drug-likeness (QED) is 0.782. The van der Waals surface area contributed by atoms with Crippen LogP contribution in [-0.2, 0) is 14.3 Å². The zero-order valence-corrected chi connectivity index (χ0v) is 13.2. The summed E-state index contributed by atoms with van der Waals surface area (Å²) >= 11 is 3.36. The minimum absolute atomic E-state index is 0.117. The molecule has 21 heavy (non-hydrogen) atoms. The molecule has 5 nitrogen and oxygen atoms in total. The summed E-state index contributed by atoms with van der Waals surface area (Å²) in [6.07, 6.45) is 0.878. The van der Waals surface area contributed by atoms with Crippen LogP contribution >= 0.6 is 15.9 Å². The number of esters is 1. The number of nitriles is 1. The molecule has 6 heteroatoms. The van der Waals surface area contributed by atoms with Crippen LogP contribution in [0.25, 0.3) is 0 Å².